The molecule has 0 amide bonds. The molecule has 1 heterocycles. The molecule has 0 aromatic carbocycles. The Balaban J connectivity index is 3.14. The second-order valence-corrected chi connectivity index (χ2v) is 3.08. The second kappa shape index (κ2) is 4.51. The molecule has 1 aromatic rings. The average Bonchev–Trinajstić information content (AvgIpc) is 2.23. The quantitative estimate of drug-likeness (QED) is 0.666. The number of hydrogen-bond acceptors (Lipinski definition) is 3. The normalized spacial score (nSPS) is 9.27. The van der Waals surface area contributed by atoms with E-state index in [0.29, 0.717) is 12.2 Å². The van der Waals surface area contributed by atoms with E-state index in [4.69, 9.17) is 0 Å². The lowest BCUT2D eigenvalue weighted by Gasteiger charge is -2.06. The first-order valence-electron chi connectivity index (χ1n) is 4.48. The number of aromatic nitrogens is 2. The van der Waals surface area contributed by atoms with Gasteiger partial charge in [-0.1, -0.05) is 5.92 Å². The van der Waals surface area contributed by atoms with E-state index < -0.39 is 0 Å². The minimum absolute atomic E-state index is 0.337. The van der Waals surface area contributed by atoms with Crippen molar-refractivity contribution in [3.63, 3.8) is 0 Å². The third-order valence-corrected chi connectivity index (χ3v) is 1.99. The van der Waals surface area contributed by atoms with Gasteiger partial charge in [-0.05, 0) is 6.92 Å². The minimum atomic E-state index is -0.341. The Morgan fingerprint density at radius 2 is 2.07 bits per heavy atom. The maximum absolute atomic E-state index is 11.6. The van der Waals surface area contributed by atoms with Gasteiger partial charge in [0.1, 0.15) is 5.69 Å². The van der Waals surface area contributed by atoms with Gasteiger partial charge in [-0.15, -0.1) is 5.92 Å². The van der Waals surface area contributed by atoms with Crippen LogP contribution in [0.4, 0.5) is 5.69 Å². The molecule has 0 radical (unpaired) electrons. The van der Waals surface area contributed by atoms with Gasteiger partial charge in [-0.25, -0.2) is 4.79 Å². The van der Waals surface area contributed by atoms with Crippen molar-refractivity contribution in [2.75, 3.05) is 11.9 Å². The highest BCUT2D eigenvalue weighted by atomic mass is 16.2. The molecule has 0 aliphatic rings. The standard InChI is InChI=1S/C10H13N3O2/c1-4-5-6-11-8-7-12(2)10(15)13(3)9(8)14/h7,11H,6H2,1-3H3. The largest absolute Gasteiger partial charge is 0.368 e. The van der Waals surface area contributed by atoms with Gasteiger partial charge >= 0.3 is 5.69 Å². The van der Waals surface area contributed by atoms with Crippen LogP contribution in [-0.4, -0.2) is 15.7 Å². The monoisotopic (exact) mass is 207 g/mol. The molecule has 0 atom stereocenters. The molecule has 0 fully saturated rings. The van der Waals surface area contributed by atoms with Crippen LogP contribution in [0.3, 0.4) is 0 Å². The van der Waals surface area contributed by atoms with Crippen molar-refractivity contribution in [1.82, 2.24) is 9.13 Å². The second-order valence-electron chi connectivity index (χ2n) is 3.08. The lowest BCUT2D eigenvalue weighted by Crippen LogP contribution is -2.37. The maximum atomic E-state index is 11.6. The molecule has 0 bridgehead atoms. The molecule has 80 valence electrons. The van der Waals surface area contributed by atoms with Crippen LogP contribution >= 0.6 is 0 Å². The smallest absolute Gasteiger partial charge is 0.330 e. The maximum Gasteiger partial charge on any atom is 0.330 e. The van der Waals surface area contributed by atoms with Crippen LogP contribution in [0, 0.1) is 11.8 Å². The van der Waals surface area contributed by atoms with Gasteiger partial charge in [0.05, 0.1) is 6.54 Å². The van der Waals surface area contributed by atoms with Crippen molar-refractivity contribution in [3.05, 3.63) is 27.0 Å². The van der Waals surface area contributed by atoms with Crippen LogP contribution in [0.2, 0.25) is 0 Å². The number of hydrogen-bond donors (Lipinski definition) is 1. The van der Waals surface area contributed by atoms with E-state index in [9.17, 15) is 9.59 Å². The van der Waals surface area contributed by atoms with Crippen molar-refractivity contribution in [2.24, 2.45) is 14.1 Å². The van der Waals surface area contributed by atoms with Crippen molar-refractivity contribution in [2.45, 2.75) is 6.92 Å². The molecule has 0 saturated heterocycles. The summed E-state index contributed by atoms with van der Waals surface area (Å²) in [5, 5.41) is 2.86. The highest BCUT2D eigenvalue weighted by Gasteiger charge is 2.04. The zero-order valence-electron chi connectivity index (χ0n) is 9.00. The van der Waals surface area contributed by atoms with Crippen LogP contribution in [0.5, 0.6) is 0 Å². The molecule has 0 spiro atoms. The summed E-state index contributed by atoms with van der Waals surface area (Å²) < 4.78 is 2.41. The Bertz CT molecular complexity index is 528. The summed E-state index contributed by atoms with van der Waals surface area (Å²) in [6.45, 7) is 2.12. The fourth-order valence-corrected chi connectivity index (χ4v) is 1.16. The molecule has 15 heavy (non-hydrogen) atoms. The molecule has 0 unspecified atom stereocenters. The zero-order valence-corrected chi connectivity index (χ0v) is 9.00. The van der Waals surface area contributed by atoms with Crippen LogP contribution in [0.1, 0.15) is 6.92 Å². The molecule has 1 N–H and O–H groups in total. The van der Waals surface area contributed by atoms with E-state index in [1.54, 1.807) is 14.0 Å². The van der Waals surface area contributed by atoms with Gasteiger partial charge in [0.15, 0.2) is 0 Å². The summed E-state index contributed by atoms with van der Waals surface area (Å²) in [5.41, 5.74) is -0.300. The summed E-state index contributed by atoms with van der Waals surface area (Å²) in [6, 6.07) is 0. The van der Waals surface area contributed by atoms with Gasteiger partial charge in [0, 0.05) is 20.3 Å². The van der Waals surface area contributed by atoms with Gasteiger partial charge in [0.2, 0.25) is 0 Å². The van der Waals surface area contributed by atoms with E-state index in [1.807, 2.05) is 0 Å². The average molecular weight is 207 g/mol. The first-order chi connectivity index (χ1) is 7.07. The third kappa shape index (κ3) is 2.29. The predicted molar refractivity (Wildman–Crippen MR) is 58.9 cm³/mol. The molecule has 0 aliphatic carbocycles. The number of nitrogens with one attached hydrogen (secondary N) is 1. The first kappa shape index (κ1) is 11.1. The van der Waals surface area contributed by atoms with Gasteiger partial charge in [-0.3, -0.25) is 9.36 Å². The van der Waals surface area contributed by atoms with Crippen molar-refractivity contribution < 1.29 is 0 Å². The molecule has 1 rings (SSSR count). The Kier molecular flexibility index (Phi) is 3.34. The number of rotatable bonds is 2. The Morgan fingerprint density at radius 1 is 1.40 bits per heavy atom. The summed E-state index contributed by atoms with van der Waals surface area (Å²) in [6.07, 6.45) is 1.47. The van der Waals surface area contributed by atoms with Gasteiger partial charge in [0.25, 0.3) is 5.56 Å². The van der Waals surface area contributed by atoms with Crippen LogP contribution in [0.15, 0.2) is 15.8 Å². The van der Waals surface area contributed by atoms with E-state index >= 15 is 0 Å². The molecular weight excluding hydrogens is 194 g/mol. The van der Waals surface area contributed by atoms with E-state index in [1.165, 1.54) is 17.8 Å². The van der Waals surface area contributed by atoms with Crippen molar-refractivity contribution in [3.8, 4) is 11.8 Å². The van der Waals surface area contributed by atoms with Crippen LogP contribution < -0.4 is 16.6 Å². The van der Waals surface area contributed by atoms with Crippen molar-refractivity contribution in [1.29, 1.82) is 0 Å². The SMILES string of the molecule is CC#CCNc1cn(C)c(=O)n(C)c1=O. The van der Waals surface area contributed by atoms with Crippen LogP contribution in [-0.2, 0) is 14.1 Å². The highest BCUT2D eigenvalue weighted by Crippen LogP contribution is 1.93. The number of aryl methyl sites for hydroxylation is 1. The van der Waals surface area contributed by atoms with Crippen LogP contribution in [0.25, 0.3) is 0 Å². The molecular formula is C10H13N3O2. The summed E-state index contributed by atoms with van der Waals surface area (Å²) in [4.78, 5) is 22.9. The minimum Gasteiger partial charge on any atom is -0.368 e. The first-order valence-corrected chi connectivity index (χ1v) is 4.48. The van der Waals surface area contributed by atoms with E-state index in [0.717, 1.165) is 4.57 Å². The summed E-state index contributed by atoms with van der Waals surface area (Å²) in [7, 11) is 3.04. The van der Waals surface area contributed by atoms with Gasteiger partial charge in [-0.2, -0.15) is 0 Å². The highest BCUT2D eigenvalue weighted by molar-refractivity contribution is 5.39. The van der Waals surface area contributed by atoms with E-state index in [2.05, 4.69) is 17.2 Å². The molecule has 5 heteroatoms. The topological polar surface area (TPSA) is 56.0 Å². The predicted octanol–water partition coefficient (Wildman–Crippen LogP) is -0.481. The Morgan fingerprint density at radius 3 is 2.67 bits per heavy atom. The lowest BCUT2D eigenvalue weighted by molar-refractivity contribution is 0.688. The number of anilines is 1. The Labute approximate surface area is 87.4 Å². The van der Waals surface area contributed by atoms with Gasteiger partial charge < -0.3 is 9.88 Å². The third-order valence-electron chi connectivity index (χ3n) is 1.99. The summed E-state index contributed by atoms with van der Waals surface area (Å²) >= 11 is 0. The zero-order chi connectivity index (χ0) is 11.4. The lowest BCUT2D eigenvalue weighted by atomic mass is 10.4. The number of nitrogens with zero attached hydrogens (tertiary/aromatic N) is 2. The molecule has 1 aromatic heterocycles. The molecule has 0 saturated carbocycles. The van der Waals surface area contributed by atoms with E-state index in [-0.39, 0.29) is 11.2 Å². The molecule has 5 nitrogen and oxygen atoms in total. The fraction of sp³-hybridized carbons (Fsp3) is 0.400. The molecule has 0 aliphatic heterocycles. The fourth-order valence-electron chi connectivity index (χ4n) is 1.16. The summed E-state index contributed by atoms with van der Waals surface area (Å²) in [5.74, 6) is 5.49. The van der Waals surface area contributed by atoms with Crippen molar-refractivity contribution >= 4 is 5.69 Å². The Hall–Kier alpha value is -1.96.